The van der Waals surface area contributed by atoms with Crippen molar-refractivity contribution in [3.8, 4) is 17.2 Å². The average molecular weight is 395 g/mol. The molecule has 0 spiro atoms. The Morgan fingerprint density at radius 3 is 2.76 bits per heavy atom. The lowest BCUT2D eigenvalue weighted by atomic mass is 10.0. The van der Waals surface area contributed by atoms with Crippen LogP contribution in [0.1, 0.15) is 34.8 Å². The summed E-state index contributed by atoms with van der Waals surface area (Å²) in [7, 11) is 1.62. The minimum atomic E-state index is -0.105. The molecule has 6 heteroatoms. The van der Waals surface area contributed by atoms with Crippen molar-refractivity contribution in [3.63, 3.8) is 0 Å². The minimum Gasteiger partial charge on any atom is -0.497 e. The Morgan fingerprint density at radius 2 is 2.00 bits per heavy atom. The van der Waals surface area contributed by atoms with Gasteiger partial charge < -0.3 is 18.9 Å². The molecule has 2 heterocycles. The summed E-state index contributed by atoms with van der Waals surface area (Å²) in [4.78, 5) is 15.0. The molecule has 0 aromatic heterocycles. The van der Waals surface area contributed by atoms with Crippen LogP contribution in [0.3, 0.4) is 0 Å². The number of hydrogen-bond donors (Lipinski definition) is 0. The first-order valence-electron chi connectivity index (χ1n) is 9.86. The first kappa shape index (κ1) is 19.5. The molecule has 152 valence electrons. The Kier molecular flexibility index (Phi) is 5.83. The zero-order chi connectivity index (χ0) is 20.2. The molecule has 0 amide bonds. The molecular formula is C23H25NO5. The van der Waals surface area contributed by atoms with Crippen molar-refractivity contribution in [2.45, 2.75) is 19.9 Å². The predicted molar refractivity (Wildman–Crippen MR) is 109 cm³/mol. The van der Waals surface area contributed by atoms with Gasteiger partial charge in [0.15, 0.2) is 5.76 Å². The van der Waals surface area contributed by atoms with Gasteiger partial charge in [0.1, 0.15) is 24.0 Å². The van der Waals surface area contributed by atoms with E-state index in [2.05, 4.69) is 4.90 Å². The number of ether oxygens (including phenoxy) is 4. The van der Waals surface area contributed by atoms with Gasteiger partial charge in [0.25, 0.3) is 0 Å². The van der Waals surface area contributed by atoms with Crippen LogP contribution in [0, 0.1) is 0 Å². The molecule has 0 aliphatic carbocycles. The second-order valence-corrected chi connectivity index (χ2v) is 7.01. The highest BCUT2D eigenvalue weighted by atomic mass is 16.5. The summed E-state index contributed by atoms with van der Waals surface area (Å²) in [5.74, 6) is 2.38. The smallest absolute Gasteiger partial charge is 0.231 e. The number of benzene rings is 2. The Morgan fingerprint density at radius 1 is 1.17 bits per heavy atom. The summed E-state index contributed by atoms with van der Waals surface area (Å²) in [5.41, 5.74) is 2.39. The Labute approximate surface area is 170 Å². The number of nitrogens with zero attached hydrogens (tertiary/aromatic N) is 1. The van der Waals surface area contributed by atoms with Gasteiger partial charge in [-0.25, -0.2) is 0 Å². The SMILES string of the molecule is CCOCCCN1COc2ccc3c(c2C1)OC(=Cc1ccc(OC)cc1)C3=O. The van der Waals surface area contributed by atoms with Crippen molar-refractivity contribution < 1.29 is 23.7 Å². The fourth-order valence-corrected chi connectivity index (χ4v) is 3.53. The summed E-state index contributed by atoms with van der Waals surface area (Å²) in [6.07, 6.45) is 2.70. The van der Waals surface area contributed by atoms with E-state index >= 15 is 0 Å². The van der Waals surface area contributed by atoms with E-state index in [4.69, 9.17) is 18.9 Å². The van der Waals surface area contributed by atoms with E-state index in [0.717, 1.165) is 48.8 Å². The highest BCUT2D eigenvalue weighted by molar-refractivity contribution is 6.15. The number of rotatable bonds is 7. The van der Waals surface area contributed by atoms with Crippen molar-refractivity contribution in [1.29, 1.82) is 0 Å². The van der Waals surface area contributed by atoms with Crippen LogP contribution in [0.25, 0.3) is 6.08 Å². The average Bonchev–Trinajstić information content (AvgIpc) is 3.07. The number of ketones is 1. The summed E-state index contributed by atoms with van der Waals surface area (Å²) < 4.78 is 22.5. The molecule has 0 unspecified atom stereocenters. The van der Waals surface area contributed by atoms with E-state index in [1.165, 1.54) is 0 Å². The summed E-state index contributed by atoms with van der Waals surface area (Å²) in [6.45, 7) is 5.54. The van der Waals surface area contributed by atoms with E-state index in [0.29, 0.717) is 30.3 Å². The lowest BCUT2D eigenvalue weighted by Gasteiger charge is -2.29. The zero-order valence-electron chi connectivity index (χ0n) is 16.8. The monoisotopic (exact) mass is 395 g/mol. The number of carbonyl (C=O) groups excluding carboxylic acids is 1. The number of methoxy groups -OCH3 is 1. The molecule has 2 aromatic rings. The van der Waals surface area contributed by atoms with Crippen LogP contribution >= 0.6 is 0 Å². The maximum Gasteiger partial charge on any atom is 0.231 e. The van der Waals surface area contributed by atoms with Crippen molar-refractivity contribution in [3.05, 3.63) is 58.8 Å². The molecule has 2 aliphatic heterocycles. The van der Waals surface area contributed by atoms with E-state index in [-0.39, 0.29) is 5.78 Å². The standard InChI is InChI=1S/C23H25NO5/c1-3-27-12-4-11-24-14-19-20(28-15-24)10-9-18-22(25)21(29-23(18)19)13-16-5-7-17(26-2)8-6-16/h5-10,13H,3-4,11-12,14-15H2,1-2H3. The highest BCUT2D eigenvalue weighted by Crippen LogP contribution is 2.42. The van der Waals surface area contributed by atoms with Crippen LogP contribution in [0.15, 0.2) is 42.2 Å². The van der Waals surface area contributed by atoms with E-state index in [9.17, 15) is 4.79 Å². The van der Waals surface area contributed by atoms with E-state index in [1.807, 2.05) is 37.3 Å². The number of allylic oxidation sites excluding steroid dienone is 1. The van der Waals surface area contributed by atoms with Gasteiger partial charge >= 0.3 is 0 Å². The van der Waals surface area contributed by atoms with Crippen LogP contribution in [0.5, 0.6) is 17.2 Å². The van der Waals surface area contributed by atoms with E-state index in [1.54, 1.807) is 19.3 Å². The highest BCUT2D eigenvalue weighted by Gasteiger charge is 2.33. The third-order valence-corrected chi connectivity index (χ3v) is 5.06. The lowest BCUT2D eigenvalue weighted by molar-refractivity contribution is 0.0760. The molecule has 4 rings (SSSR count). The molecule has 29 heavy (non-hydrogen) atoms. The van der Waals surface area contributed by atoms with Crippen LogP contribution in [-0.4, -0.2) is 44.3 Å². The van der Waals surface area contributed by atoms with E-state index < -0.39 is 0 Å². The first-order valence-corrected chi connectivity index (χ1v) is 9.86. The van der Waals surface area contributed by atoms with Crippen LogP contribution < -0.4 is 14.2 Å². The Bertz CT molecular complexity index is 920. The van der Waals surface area contributed by atoms with Gasteiger partial charge in [-0.2, -0.15) is 0 Å². The zero-order valence-corrected chi connectivity index (χ0v) is 16.8. The van der Waals surface area contributed by atoms with Gasteiger partial charge in [-0.15, -0.1) is 0 Å². The maximum absolute atomic E-state index is 12.8. The number of Topliss-reactive ketones (excluding diaryl/α,β-unsaturated/α-hetero) is 1. The molecule has 0 fully saturated rings. The topological polar surface area (TPSA) is 57.2 Å². The molecular weight excluding hydrogens is 370 g/mol. The fourth-order valence-electron chi connectivity index (χ4n) is 3.53. The number of fused-ring (bicyclic) bond motifs is 3. The van der Waals surface area contributed by atoms with Crippen molar-refractivity contribution >= 4 is 11.9 Å². The lowest BCUT2D eigenvalue weighted by Crippen LogP contribution is -2.33. The third kappa shape index (κ3) is 4.13. The van der Waals surface area contributed by atoms with Gasteiger partial charge in [-0.05, 0) is 49.2 Å². The largest absolute Gasteiger partial charge is 0.497 e. The second-order valence-electron chi connectivity index (χ2n) is 7.01. The third-order valence-electron chi connectivity index (χ3n) is 5.06. The van der Waals surface area contributed by atoms with Crippen LogP contribution in [-0.2, 0) is 11.3 Å². The van der Waals surface area contributed by atoms with Gasteiger partial charge in [0.2, 0.25) is 5.78 Å². The van der Waals surface area contributed by atoms with Gasteiger partial charge in [0.05, 0.1) is 18.2 Å². The van der Waals surface area contributed by atoms with Crippen molar-refractivity contribution in [2.75, 3.05) is 33.6 Å². The fraction of sp³-hybridized carbons (Fsp3) is 0.348. The van der Waals surface area contributed by atoms with Gasteiger partial charge in [-0.1, -0.05) is 12.1 Å². The second kappa shape index (κ2) is 8.68. The summed E-state index contributed by atoms with van der Waals surface area (Å²) in [6, 6.07) is 11.2. The van der Waals surface area contributed by atoms with Crippen molar-refractivity contribution in [1.82, 2.24) is 4.90 Å². The summed E-state index contributed by atoms with van der Waals surface area (Å²) in [5, 5.41) is 0. The van der Waals surface area contributed by atoms with Gasteiger partial charge in [0, 0.05) is 26.3 Å². The van der Waals surface area contributed by atoms with Crippen LogP contribution in [0.4, 0.5) is 0 Å². The molecule has 2 aliphatic rings. The van der Waals surface area contributed by atoms with Crippen LogP contribution in [0.2, 0.25) is 0 Å². The Balaban J connectivity index is 1.53. The summed E-state index contributed by atoms with van der Waals surface area (Å²) >= 11 is 0. The number of carbonyl (C=O) groups is 1. The molecule has 2 aromatic carbocycles. The maximum atomic E-state index is 12.8. The quantitative estimate of drug-likeness (QED) is 0.524. The molecule has 0 saturated carbocycles. The molecule has 0 radical (unpaired) electrons. The predicted octanol–water partition coefficient (Wildman–Crippen LogP) is 3.89. The molecule has 0 saturated heterocycles. The molecule has 0 N–H and O–H groups in total. The molecule has 0 atom stereocenters. The normalized spacial score (nSPS) is 16.9. The first-order chi connectivity index (χ1) is 14.2. The Hall–Kier alpha value is -2.83. The molecule has 6 nitrogen and oxygen atoms in total. The minimum absolute atomic E-state index is 0.105. The molecule has 0 bridgehead atoms. The van der Waals surface area contributed by atoms with Gasteiger partial charge in [-0.3, -0.25) is 9.69 Å². The number of hydrogen-bond acceptors (Lipinski definition) is 6. The van der Waals surface area contributed by atoms with Crippen molar-refractivity contribution in [2.24, 2.45) is 0 Å².